The number of hydrogen-bond donors (Lipinski definition) is 0. The second-order valence-electron chi connectivity index (χ2n) is 5.37. The zero-order chi connectivity index (χ0) is 13.8. The molecule has 1 aliphatic rings. The van der Waals surface area contributed by atoms with Gasteiger partial charge in [0.2, 0.25) is 5.91 Å². The van der Waals surface area contributed by atoms with Crippen LogP contribution in [0.15, 0.2) is 54.9 Å². The summed E-state index contributed by atoms with van der Waals surface area (Å²) in [5, 5.41) is 0. The van der Waals surface area contributed by atoms with Crippen molar-refractivity contribution in [1.82, 2.24) is 9.47 Å². The van der Waals surface area contributed by atoms with Gasteiger partial charge in [0.25, 0.3) is 0 Å². The lowest BCUT2D eigenvalue weighted by molar-refractivity contribution is -0.133. The summed E-state index contributed by atoms with van der Waals surface area (Å²) in [4.78, 5) is 14.8. The molecule has 1 aromatic carbocycles. The van der Waals surface area contributed by atoms with E-state index < -0.39 is 0 Å². The summed E-state index contributed by atoms with van der Waals surface area (Å²) in [7, 11) is 0. The highest BCUT2D eigenvalue weighted by molar-refractivity contribution is 5.81. The topological polar surface area (TPSA) is 25.2 Å². The van der Waals surface area contributed by atoms with Crippen LogP contribution in [-0.4, -0.2) is 28.5 Å². The molecule has 0 bridgehead atoms. The highest BCUT2D eigenvalue weighted by Gasteiger charge is 2.27. The largest absolute Gasteiger partial charge is 0.342 e. The van der Waals surface area contributed by atoms with E-state index in [0.717, 1.165) is 32.4 Å². The zero-order valence-electron chi connectivity index (χ0n) is 11.6. The Morgan fingerprint density at radius 1 is 1.00 bits per heavy atom. The number of aromatic nitrogens is 1. The predicted molar refractivity (Wildman–Crippen MR) is 79.4 cm³/mol. The third-order valence-electron chi connectivity index (χ3n) is 3.96. The predicted octanol–water partition coefficient (Wildman–Crippen LogP) is 2.89. The molecule has 3 nitrogen and oxygen atoms in total. The third kappa shape index (κ3) is 2.77. The van der Waals surface area contributed by atoms with Gasteiger partial charge in [0.1, 0.15) is 6.04 Å². The van der Waals surface area contributed by atoms with Crippen LogP contribution in [0.5, 0.6) is 0 Å². The van der Waals surface area contributed by atoms with Crippen LogP contribution < -0.4 is 0 Å². The molecule has 1 fully saturated rings. The van der Waals surface area contributed by atoms with Crippen LogP contribution in [-0.2, 0) is 11.2 Å². The third-order valence-corrected chi connectivity index (χ3v) is 3.96. The zero-order valence-corrected chi connectivity index (χ0v) is 11.6. The molecule has 0 spiro atoms. The standard InChI is InChI=1S/C17H20N2O/c20-17(19-12-6-7-13-19)16(18-10-4-5-11-18)14-15-8-2-1-3-9-15/h1-5,8-11,16H,6-7,12-14H2/t16-/m0/s1. The lowest BCUT2D eigenvalue weighted by Crippen LogP contribution is -2.36. The van der Waals surface area contributed by atoms with Gasteiger partial charge >= 0.3 is 0 Å². The van der Waals surface area contributed by atoms with Crippen LogP contribution >= 0.6 is 0 Å². The van der Waals surface area contributed by atoms with E-state index >= 15 is 0 Å². The van der Waals surface area contributed by atoms with Gasteiger partial charge in [0, 0.05) is 31.9 Å². The number of rotatable bonds is 4. The van der Waals surface area contributed by atoms with Gasteiger partial charge in [0.05, 0.1) is 0 Å². The van der Waals surface area contributed by atoms with Gasteiger partial charge in [-0.2, -0.15) is 0 Å². The number of nitrogens with zero attached hydrogens (tertiary/aromatic N) is 2. The molecule has 0 N–H and O–H groups in total. The first-order valence-electron chi connectivity index (χ1n) is 7.30. The second-order valence-corrected chi connectivity index (χ2v) is 5.37. The number of carbonyl (C=O) groups is 1. The molecular formula is C17H20N2O. The number of hydrogen-bond acceptors (Lipinski definition) is 1. The molecule has 0 aliphatic carbocycles. The fourth-order valence-corrected chi connectivity index (χ4v) is 2.86. The fraction of sp³-hybridized carbons (Fsp3) is 0.353. The summed E-state index contributed by atoms with van der Waals surface area (Å²) in [6, 6.07) is 14.1. The molecule has 0 radical (unpaired) electrons. The summed E-state index contributed by atoms with van der Waals surface area (Å²) in [6.07, 6.45) is 7.00. The average Bonchev–Trinajstić information content (AvgIpc) is 3.18. The van der Waals surface area contributed by atoms with Gasteiger partial charge in [0.15, 0.2) is 0 Å². The van der Waals surface area contributed by atoms with E-state index in [-0.39, 0.29) is 11.9 Å². The average molecular weight is 268 g/mol. The summed E-state index contributed by atoms with van der Waals surface area (Å²) in [5.41, 5.74) is 1.21. The van der Waals surface area contributed by atoms with Gasteiger partial charge in [-0.3, -0.25) is 4.79 Å². The maximum atomic E-state index is 12.8. The van der Waals surface area contributed by atoms with Crippen LogP contribution in [0.2, 0.25) is 0 Å². The first-order chi connectivity index (χ1) is 9.84. The number of carbonyl (C=O) groups excluding carboxylic acids is 1. The van der Waals surface area contributed by atoms with Gasteiger partial charge in [-0.1, -0.05) is 30.3 Å². The quantitative estimate of drug-likeness (QED) is 0.837. The normalized spacial score (nSPS) is 16.3. The monoisotopic (exact) mass is 268 g/mol. The smallest absolute Gasteiger partial charge is 0.245 e. The summed E-state index contributed by atoms with van der Waals surface area (Å²) in [6.45, 7) is 1.82. The molecule has 2 aromatic rings. The van der Waals surface area contributed by atoms with Crippen LogP contribution in [0.25, 0.3) is 0 Å². The van der Waals surface area contributed by atoms with Crippen LogP contribution in [0.4, 0.5) is 0 Å². The van der Waals surface area contributed by atoms with Crippen LogP contribution in [0.1, 0.15) is 24.4 Å². The molecule has 1 aliphatic heterocycles. The Morgan fingerprint density at radius 3 is 2.30 bits per heavy atom. The SMILES string of the molecule is O=C([C@H](Cc1ccccc1)n1cccc1)N1CCCC1. The van der Waals surface area contributed by atoms with E-state index in [1.165, 1.54) is 5.56 Å². The van der Waals surface area contributed by atoms with Crippen molar-refractivity contribution in [2.24, 2.45) is 0 Å². The highest BCUT2D eigenvalue weighted by Crippen LogP contribution is 2.20. The first kappa shape index (κ1) is 13.0. The molecule has 20 heavy (non-hydrogen) atoms. The fourth-order valence-electron chi connectivity index (χ4n) is 2.86. The van der Waals surface area contributed by atoms with E-state index in [2.05, 4.69) is 12.1 Å². The molecule has 1 atom stereocenters. The van der Waals surface area contributed by atoms with Crippen molar-refractivity contribution in [3.8, 4) is 0 Å². The number of amides is 1. The van der Waals surface area contributed by atoms with E-state index in [0.29, 0.717) is 0 Å². The van der Waals surface area contributed by atoms with Gasteiger partial charge in [-0.25, -0.2) is 0 Å². The highest BCUT2D eigenvalue weighted by atomic mass is 16.2. The van der Waals surface area contributed by atoms with Gasteiger partial charge in [-0.05, 0) is 30.5 Å². The van der Waals surface area contributed by atoms with Gasteiger partial charge < -0.3 is 9.47 Å². The van der Waals surface area contributed by atoms with Crippen molar-refractivity contribution in [2.45, 2.75) is 25.3 Å². The Morgan fingerprint density at radius 2 is 1.65 bits per heavy atom. The summed E-state index contributed by atoms with van der Waals surface area (Å²) in [5.74, 6) is 0.252. The van der Waals surface area contributed by atoms with Gasteiger partial charge in [-0.15, -0.1) is 0 Å². The Balaban J connectivity index is 1.82. The Bertz CT molecular complexity index is 542. The maximum Gasteiger partial charge on any atom is 0.245 e. The Labute approximate surface area is 119 Å². The summed E-state index contributed by atoms with van der Waals surface area (Å²) < 4.78 is 2.04. The Kier molecular flexibility index (Phi) is 3.86. The van der Waals surface area contributed by atoms with Crippen molar-refractivity contribution in [3.05, 3.63) is 60.4 Å². The van der Waals surface area contributed by atoms with Crippen molar-refractivity contribution >= 4 is 5.91 Å². The minimum absolute atomic E-state index is 0.120. The molecule has 1 saturated heterocycles. The van der Waals surface area contributed by atoms with E-state index in [9.17, 15) is 4.79 Å². The maximum absolute atomic E-state index is 12.8. The molecule has 1 aromatic heterocycles. The number of likely N-dealkylation sites (tertiary alicyclic amines) is 1. The minimum Gasteiger partial charge on any atom is -0.342 e. The summed E-state index contributed by atoms with van der Waals surface area (Å²) >= 11 is 0. The van der Waals surface area contributed by atoms with E-state index in [4.69, 9.17) is 0 Å². The molecule has 3 heteroatoms. The van der Waals surface area contributed by atoms with Crippen molar-refractivity contribution in [2.75, 3.05) is 13.1 Å². The lowest BCUT2D eigenvalue weighted by Gasteiger charge is -2.24. The van der Waals surface area contributed by atoms with Crippen molar-refractivity contribution < 1.29 is 4.79 Å². The van der Waals surface area contributed by atoms with E-state index in [1.807, 2.05) is 52.2 Å². The van der Waals surface area contributed by atoms with E-state index in [1.54, 1.807) is 0 Å². The molecule has 3 rings (SSSR count). The molecule has 0 unspecified atom stereocenters. The first-order valence-corrected chi connectivity index (χ1v) is 7.30. The second kappa shape index (κ2) is 5.95. The van der Waals surface area contributed by atoms with Crippen molar-refractivity contribution in [1.29, 1.82) is 0 Å². The molecule has 0 saturated carbocycles. The molecule has 1 amide bonds. The van der Waals surface area contributed by atoms with Crippen LogP contribution in [0.3, 0.4) is 0 Å². The minimum atomic E-state index is -0.120. The Hall–Kier alpha value is -2.03. The molecule has 104 valence electrons. The van der Waals surface area contributed by atoms with Crippen molar-refractivity contribution in [3.63, 3.8) is 0 Å². The van der Waals surface area contributed by atoms with Crippen LogP contribution in [0, 0.1) is 0 Å². The lowest BCUT2D eigenvalue weighted by atomic mass is 10.0. The number of benzene rings is 1. The molecular weight excluding hydrogens is 248 g/mol. The molecule has 2 heterocycles.